The van der Waals surface area contributed by atoms with Crippen LogP contribution in [0.2, 0.25) is 0 Å². The van der Waals surface area contributed by atoms with Gasteiger partial charge in [-0.15, -0.1) is 13.2 Å². The molecule has 0 fully saturated rings. The Kier molecular flexibility index (Phi) is 4.48. The Labute approximate surface area is 139 Å². The number of carbonyl (C=O) groups excluding carboxylic acids is 1. The molecule has 0 radical (unpaired) electrons. The third-order valence-corrected chi connectivity index (χ3v) is 3.99. The van der Waals surface area contributed by atoms with Crippen molar-refractivity contribution >= 4 is 28.6 Å². The molecule has 1 heterocycles. The first-order chi connectivity index (χ1) is 11.4. The largest absolute Gasteiger partial charge is 0.573 e. The molecule has 24 heavy (non-hydrogen) atoms. The second-order valence-electron chi connectivity index (χ2n) is 4.84. The summed E-state index contributed by atoms with van der Waals surface area (Å²) >= 11 is 1.24. The Hall–Kier alpha value is -2.48. The average Bonchev–Trinajstić information content (AvgIpc) is 2.94. The van der Waals surface area contributed by atoms with Crippen LogP contribution in [-0.4, -0.2) is 27.9 Å². The van der Waals surface area contributed by atoms with Crippen LogP contribution in [0.4, 0.5) is 13.2 Å². The number of para-hydroxylation sites is 2. The molecule has 0 saturated carbocycles. The van der Waals surface area contributed by atoms with Crippen molar-refractivity contribution in [2.45, 2.75) is 11.5 Å². The van der Waals surface area contributed by atoms with E-state index in [4.69, 9.17) is 0 Å². The number of aromatic amines is 1. The summed E-state index contributed by atoms with van der Waals surface area (Å²) in [5.41, 5.74) is 2.00. The summed E-state index contributed by atoms with van der Waals surface area (Å²) < 4.78 is 40.0. The number of ketones is 1. The second-order valence-corrected chi connectivity index (χ2v) is 5.81. The lowest BCUT2D eigenvalue weighted by Crippen LogP contribution is -2.17. The zero-order chi connectivity index (χ0) is 17.2. The van der Waals surface area contributed by atoms with E-state index in [-0.39, 0.29) is 17.3 Å². The number of Topliss-reactive ketones (excluding diaryl/α,β-unsaturated/α-hetero) is 1. The van der Waals surface area contributed by atoms with Gasteiger partial charge in [0.25, 0.3) is 0 Å². The fourth-order valence-electron chi connectivity index (χ4n) is 2.06. The summed E-state index contributed by atoms with van der Waals surface area (Å²) in [7, 11) is 0. The fourth-order valence-corrected chi connectivity index (χ4v) is 2.84. The molecule has 0 atom stereocenters. The summed E-state index contributed by atoms with van der Waals surface area (Å²) in [6.07, 6.45) is -4.75. The SMILES string of the molecule is O=C(CSc1nc2ccccc2[nH]1)c1ccc(OC(F)(F)F)cc1. The van der Waals surface area contributed by atoms with Crippen molar-refractivity contribution in [1.82, 2.24) is 9.97 Å². The van der Waals surface area contributed by atoms with Crippen molar-refractivity contribution in [2.75, 3.05) is 5.75 Å². The first kappa shape index (κ1) is 16.4. The smallest absolute Gasteiger partial charge is 0.406 e. The zero-order valence-corrected chi connectivity index (χ0v) is 12.9. The topological polar surface area (TPSA) is 55.0 Å². The van der Waals surface area contributed by atoms with E-state index in [9.17, 15) is 18.0 Å². The molecule has 0 spiro atoms. The number of fused-ring (bicyclic) bond motifs is 1. The van der Waals surface area contributed by atoms with E-state index >= 15 is 0 Å². The first-order valence-corrected chi connectivity index (χ1v) is 7.86. The van der Waals surface area contributed by atoms with Gasteiger partial charge in [-0.25, -0.2) is 4.98 Å². The number of alkyl halides is 3. The highest BCUT2D eigenvalue weighted by Crippen LogP contribution is 2.24. The number of ether oxygens (including phenoxy) is 1. The third kappa shape index (κ3) is 4.08. The van der Waals surface area contributed by atoms with Gasteiger partial charge in [0.1, 0.15) is 5.75 Å². The Bertz CT molecular complexity index is 827. The summed E-state index contributed by atoms with van der Waals surface area (Å²) in [5, 5.41) is 0.613. The molecule has 0 saturated heterocycles. The van der Waals surface area contributed by atoms with Crippen LogP contribution >= 0.6 is 11.8 Å². The van der Waals surface area contributed by atoms with E-state index in [1.807, 2.05) is 24.3 Å². The van der Waals surface area contributed by atoms with Crippen molar-refractivity contribution in [1.29, 1.82) is 0 Å². The third-order valence-electron chi connectivity index (χ3n) is 3.12. The molecule has 8 heteroatoms. The number of aromatic nitrogens is 2. The van der Waals surface area contributed by atoms with E-state index in [1.54, 1.807) is 0 Å². The second kappa shape index (κ2) is 6.56. The monoisotopic (exact) mass is 352 g/mol. The number of halogens is 3. The van der Waals surface area contributed by atoms with Gasteiger partial charge in [0, 0.05) is 5.56 Å². The molecule has 0 bridgehead atoms. The van der Waals surface area contributed by atoms with Crippen LogP contribution in [0.25, 0.3) is 11.0 Å². The van der Waals surface area contributed by atoms with Crippen LogP contribution in [0, 0.1) is 0 Å². The lowest BCUT2D eigenvalue weighted by atomic mass is 10.1. The van der Waals surface area contributed by atoms with E-state index < -0.39 is 6.36 Å². The predicted molar refractivity (Wildman–Crippen MR) is 84.3 cm³/mol. The number of nitrogens with one attached hydrogen (secondary N) is 1. The lowest BCUT2D eigenvalue weighted by Gasteiger charge is -2.08. The van der Waals surface area contributed by atoms with E-state index in [2.05, 4.69) is 14.7 Å². The van der Waals surface area contributed by atoms with Crippen molar-refractivity contribution in [3.63, 3.8) is 0 Å². The van der Waals surface area contributed by atoms with Gasteiger partial charge in [-0.3, -0.25) is 4.79 Å². The molecule has 3 rings (SSSR count). The molecule has 1 N–H and O–H groups in total. The Morgan fingerprint density at radius 2 is 1.83 bits per heavy atom. The minimum atomic E-state index is -4.75. The molecule has 0 aliphatic heterocycles. The average molecular weight is 352 g/mol. The van der Waals surface area contributed by atoms with E-state index in [0.717, 1.165) is 23.2 Å². The quantitative estimate of drug-likeness (QED) is 0.545. The molecule has 0 aliphatic rings. The highest BCUT2D eigenvalue weighted by molar-refractivity contribution is 7.99. The molecule has 0 amide bonds. The van der Waals surface area contributed by atoms with Crippen LogP contribution in [-0.2, 0) is 0 Å². The Morgan fingerprint density at radius 1 is 1.12 bits per heavy atom. The maximum absolute atomic E-state index is 12.1. The van der Waals surface area contributed by atoms with Gasteiger partial charge in [-0.2, -0.15) is 0 Å². The van der Waals surface area contributed by atoms with Crippen molar-refractivity contribution in [3.05, 3.63) is 54.1 Å². The van der Waals surface area contributed by atoms with Crippen molar-refractivity contribution in [3.8, 4) is 5.75 Å². The maximum atomic E-state index is 12.1. The van der Waals surface area contributed by atoms with Gasteiger partial charge in [-0.05, 0) is 36.4 Å². The van der Waals surface area contributed by atoms with E-state index in [0.29, 0.717) is 10.7 Å². The minimum absolute atomic E-state index is 0.124. The summed E-state index contributed by atoms with van der Waals surface area (Å²) in [5.74, 6) is -0.442. The number of benzene rings is 2. The number of hydrogen-bond acceptors (Lipinski definition) is 4. The predicted octanol–water partition coefficient (Wildman–Crippen LogP) is 4.44. The molecular weight excluding hydrogens is 341 g/mol. The number of H-pyrrole nitrogens is 1. The highest BCUT2D eigenvalue weighted by Gasteiger charge is 2.31. The van der Waals surface area contributed by atoms with Crippen LogP contribution in [0.3, 0.4) is 0 Å². The van der Waals surface area contributed by atoms with Crippen molar-refractivity contribution < 1.29 is 22.7 Å². The molecule has 3 aromatic rings. The standard InChI is InChI=1S/C16H11F3N2O2S/c17-16(18,19)23-11-7-5-10(6-8-11)14(22)9-24-15-20-12-3-1-2-4-13(12)21-15/h1-8H,9H2,(H,20,21). The Balaban J connectivity index is 1.62. The summed E-state index contributed by atoms with van der Waals surface area (Å²) in [6, 6.07) is 12.3. The van der Waals surface area contributed by atoms with Gasteiger partial charge >= 0.3 is 6.36 Å². The van der Waals surface area contributed by atoms with Crippen molar-refractivity contribution in [2.24, 2.45) is 0 Å². The molecule has 0 aliphatic carbocycles. The first-order valence-electron chi connectivity index (χ1n) is 6.87. The van der Waals surface area contributed by atoms with Gasteiger partial charge < -0.3 is 9.72 Å². The normalized spacial score (nSPS) is 11.6. The molecule has 2 aromatic carbocycles. The molecule has 0 unspecified atom stereocenters. The van der Waals surface area contributed by atoms with Gasteiger partial charge in [0.2, 0.25) is 0 Å². The molecule has 124 valence electrons. The van der Waals surface area contributed by atoms with Crippen LogP contribution in [0.5, 0.6) is 5.75 Å². The van der Waals surface area contributed by atoms with Crippen LogP contribution < -0.4 is 4.74 Å². The molecule has 4 nitrogen and oxygen atoms in total. The Morgan fingerprint density at radius 3 is 2.50 bits per heavy atom. The van der Waals surface area contributed by atoms with E-state index in [1.165, 1.54) is 23.9 Å². The maximum Gasteiger partial charge on any atom is 0.573 e. The number of rotatable bonds is 5. The summed E-state index contributed by atoms with van der Waals surface area (Å²) in [4.78, 5) is 19.5. The number of nitrogens with zero attached hydrogens (tertiary/aromatic N) is 1. The highest BCUT2D eigenvalue weighted by atomic mass is 32.2. The molecule has 1 aromatic heterocycles. The van der Waals surface area contributed by atoms with Crippen LogP contribution in [0.1, 0.15) is 10.4 Å². The lowest BCUT2D eigenvalue weighted by molar-refractivity contribution is -0.274. The van der Waals surface area contributed by atoms with Gasteiger partial charge in [0.15, 0.2) is 10.9 Å². The number of hydrogen-bond donors (Lipinski definition) is 1. The number of thioether (sulfide) groups is 1. The minimum Gasteiger partial charge on any atom is -0.406 e. The van der Waals surface area contributed by atoms with Crippen LogP contribution in [0.15, 0.2) is 53.7 Å². The number of carbonyl (C=O) groups is 1. The summed E-state index contributed by atoms with van der Waals surface area (Å²) in [6.45, 7) is 0. The van der Waals surface area contributed by atoms with Gasteiger partial charge in [-0.1, -0.05) is 23.9 Å². The zero-order valence-electron chi connectivity index (χ0n) is 12.1. The number of imidazole rings is 1. The van der Waals surface area contributed by atoms with Gasteiger partial charge in [0.05, 0.1) is 16.8 Å². The molecular formula is C16H11F3N2O2S. The fraction of sp³-hybridized carbons (Fsp3) is 0.125.